The molecule has 0 aliphatic carbocycles. The van der Waals surface area contributed by atoms with Crippen LogP contribution in [0.25, 0.3) is 0 Å². The van der Waals surface area contributed by atoms with Gasteiger partial charge in [0.2, 0.25) is 0 Å². The lowest BCUT2D eigenvalue weighted by Crippen LogP contribution is -2.22. The molecule has 0 spiro atoms. The monoisotopic (exact) mass is 324 g/mol. The fourth-order valence-corrected chi connectivity index (χ4v) is 3.96. The van der Waals surface area contributed by atoms with E-state index in [2.05, 4.69) is 48.5 Å². The highest BCUT2D eigenvalue weighted by Crippen LogP contribution is 2.42. The van der Waals surface area contributed by atoms with Gasteiger partial charge in [0.15, 0.2) is 0 Å². The van der Waals surface area contributed by atoms with E-state index in [1.165, 1.54) is 77.0 Å². The fourth-order valence-electron chi connectivity index (χ4n) is 3.96. The molecule has 0 nitrogen and oxygen atoms in total. The summed E-state index contributed by atoms with van der Waals surface area (Å²) in [6.45, 7) is 16.6. The van der Waals surface area contributed by atoms with Crippen molar-refractivity contribution in [2.24, 2.45) is 23.2 Å². The van der Waals surface area contributed by atoms with Crippen LogP contribution in [0.3, 0.4) is 0 Å². The molecule has 0 rings (SSSR count). The van der Waals surface area contributed by atoms with Crippen LogP contribution in [0.5, 0.6) is 0 Å². The van der Waals surface area contributed by atoms with Gasteiger partial charge in [-0.1, -0.05) is 99.8 Å². The van der Waals surface area contributed by atoms with Gasteiger partial charge in [-0.25, -0.2) is 0 Å². The molecule has 0 heterocycles. The summed E-state index contributed by atoms with van der Waals surface area (Å²) < 4.78 is 0. The maximum Gasteiger partial charge on any atom is -0.0297 e. The summed E-state index contributed by atoms with van der Waals surface area (Å²) in [6, 6.07) is 0. The Balaban J connectivity index is 4.71. The quantitative estimate of drug-likeness (QED) is 0.283. The van der Waals surface area contributed by atoms with Gasteiger partial charge in [-0.05, 0) is 48.9 Å². The highest BCUT2D eigenvalue weighted by Gasteiger charge is 2.28. The Hall–Kier alpha value is 0. The van der Waals surface area contributed by atoms with E-state index >= 15 is 0 Å². The van der Waals surface area contributed by atoms with E-state index in [9.17, 15) is 0 Å². The summed E-state index contributed by atoms with van der Waals surface area (Å²) in [5.74, 6) is 2.60. The first kappa shape index (κ1) is 23.0. The summed E-state index contributed by atoms with van der Waals surface area (Å²) >= 11 is 0. The van der Waals surface area contributed by atoms with E-state index in [1.54, 1.807) is 0 Å². The zero-order chi connectivity index (χ0) is 17.7. The highest BCUT2D eigenvalue weighted by atomic mass is 14.3. The molecule has 0 aromatic carbocycles. The molecule has 0 amide bonds. The Morgan fingerprint density at radius 3 is 1.09 bits per heavy atom. The molecule has 140 valence electrons. The van der Waals surface area contributed by atoms with Gasteiger partial charge >= 0.3 is 0 Å². The largest absolute Gasteiger partial charge is 0.0654 e. The van der Waals surface area contributed by atoms with Crippen molar-refractivity contribution in [3.8, 4) is 0 Å². The lowest BCUT2D eigenvalue weighted by Gasteiger charge is -2.35. The topological polar surface area (TPSA) is 0 Å². The van der Waals surface area contributed by atoms with Gasteiger partial charge in [0, 0.05) is 0 Å². The average molecular weight is 325 g/mol. The molecule has 23 heavy (non-hydrogen) atoms. The summed E-state index contributed by atoms with van der Waals surface area (Å²) in [5, 5.41) is 0. The van der Waals surface area contributed by atoms with Gasteiger partial charge in [0.25, 0.3) is 0 Å². The van der Waals surface area contributed by atoms with E-state index in [1.807, 2.05) is 0 Å². The molecule has 0 N–H and O–H groups in total. The predicted octanol–water partition coefficient (Wildman–Crippen LogP) is 8.64. The molecular formula is C23H48. The summed E-state index contributed by atoms with van der Waals surface area (Å²) in [5.41, 5.74) is 0.661. The van der Waals surface area contributed by atoms with Crippen LogP contribution >= 0.6 is 0 Å². The zero-order valence-corrected chi connectivity index (χ0v) is 17.7. The maximum atomic E-state index is 2.38. The van der Waals surface area contributed by atoms with Crippen molar-refractivity contribution in [3.05, 3.63) is 0 Å². The Morgan fingerprint density at radius 2 is 0.826 bits per heavy atom. The smallest absolute Gasteiger partial charge is 0.0297 e. The SMILES string of the molecule is CCCCC(CCCC(C)C)(CCCC(C)C)CCCC(C)C. The van der Waals surface area contributed by atoms with E-state index in [-0.39, 0.29) is 0 Å². The third-order valence-electron chi connectivity index (χ3n) is 5.53. The predicted molar refractivity (Wildman–Crippen MR) is 108 cm³/mol. The van der Waals surface area contributed by atoms with Gasteiger partial charge in [0.1, 0.15) is 0 Å². The molecule has 0 aliphatic rings. The van der Waals surface area contributed by atoms with Crippen molar-refractivity contribution in [2.45, 2.75) is 126 Å². The van der Waals surface area contributed by atoms with Crippen molar-refractivity contribution in [1.82, 2.24) is 0 Å². The van der Waals surface area contributed by atoms with E-state index < -0.39 is 0 Å². The first-order valence-electron chi connectivity index (χ1n) is 10.8. The number of hydrogen-bond donors (Lipinski definition) is 0. The molecule has 0 radical (unpaired) electrons. The van der Waals surface area contributed by atoms with Crippen LogP contribution in [0, 0.1) is 23.2 Å². The average Bonchev–Trinajstić information content (AvgIpc) is 2.43. The molecule has 0 heteroatoms. The van der Waals surface area contributed by atoms with Gasteiger partial charge in [-0.2, -0.15) is 0 Å². The minimum Gasteiger partial charge on any atom is -0.0654 e. The van der Waals surface area contributed by atoms with Gasteiger partial charge < -0.3 is 0 Å². The Labute approximate surface area is 149 Å². The number of unbranched alkanes of at least 4 members (excludes halogenated alkanes) is 1. The van der Waals surface area contributed by atoms with Crippen LogP contribution < -0.4 is 0 Å². The van der Waals surface area contributed by atoms with Crippen molar-refractivity contribution < 1.29 is 0 Å². The summed E-state index contributed by atoms with van der Waals surface area (Å²) in [6.07, 6.45) is 17.3. The fraction of sp³-hybridized carbons (Fsp3) is 1.00. The molecular weight excluding hydrogens is 276 g/mol. The minimum atomic E-state index is 0.661. The van der Waals surface area contributed by atoms with E-state index in [0.717, 1.165) is 17.8 Å². The second kappa shape index (κ2) is 13.3. The van der Waals surface area contributed by atoms with Crippen LogP contribution in [0.4, 0.5) is 0 Å². The van der Waals surface area contributed by atoms with Crippen LogP contribution in [0.15, 0.2) is 0 Å². The third kappa shape index (κ3) is 13.0. The Kier molecular flexibility index (Phi) is 13.3. The molecule has 0 bridgehead atoms. The molecule has 0 aliphatic heterocycles. The zero-order valence-electron chi connectivity index (χ0n) is 17.7. The standard InChI is InChI=1S/C23H48/c1-8-9-16-23(17-10-13-20(2)3,18-11-14-21(4)5)19-12-15-22(6)7/h20-22H,8-19H2,1-7H3. The van der Waals surface area contributed by atoms with E-state index in [0.29, 0.717) is 5.41 Å². The molecule has 0 atom stereocenters. The Bertz CT molecular complexity index is 213. The highest BCUT2D eigenvalue weighted by molar-refractivity contribution is 4.80. The normalized spacial score (nSPS) is 12.8. The number of hydrogen-bond acceptors (Lipinski definition) is 0. The second-order valence-electron chi connectivity index (χ2n) is 9.46. The van der Waals surface area contributed by atoms with Gasteiger partial charge in [-0.3, -0.25) is 0 Å². The molecule has 0 saturated carbocycles. The van der Waals surface area contributed by atoms with E-state index in [4.69, 9.17) is 0 Å². The van der Waals surface area contributed by atoms with Crippen molar-refractivity contribution in [1.29, 1.82) is 0 Å². The molecule has 0 saturated heterocycles. The lowest BCUT2D eigenvalue weighted by atomic mass is 9.70. The molecule has 0 aromatic rings. The first-order valence-corrected chi connectivity index (χ1v) is 10.8. The third-order valence-corrected chi connectivity index (χ3v) is 5.53. The Morgan fingerprint density at radius 1 is 0.522 bits per heavy atom. The van der Waals surface area contributed by atoms with Gasteiger partial charge in [-0.15, -0.1) is 0 Å². The maximum absolute atomic E-state index is 2.38. The summed E-state index contributed by atoms with van der Waals surface area (Å²) in [7, 11) is 0. The van der Waals surface area contributed by atoms with Crippen LogP contribution in [-0.2, 0) is 0 Å². The molecule has 0 unspecified atom stereocenters. The van der Waals surface area contributed by atoms with Gasteiger partial charge in [0.05, 0.1) is 0 Å². The van der Waals surface area contributed by atoms with Crippen LogP contribution in [0.2, 0.25) is 0 Å². The first-order chi connectivity index (χ1) is 10.8. The van der Waals surface area contributed by atoms with Crippen molar-refractivity contribution in [2.75, 3.05) is 0 Å². The van der Waals surface area contributed by atoms with Crippen molar-refractivity contribution >= 4 is 0 Å². The van der Waals surface area contributed by atoms with Crippen molar-refractivity contribution in [3.63, 3.8) is 0 Å². The minimum absolute atomic E-state index is 0.661. The van der Waals surface area contributed by atoms with Crippen LogP contribution in [0.1, 0.15) is 126 Å². The lowest BCUT2D eigenvalue weighted by molar-refractivity contribution is 0.167. The molecule has 0 aromatic heterocycles. The second-order valence-corrected chi connectivity index (χ2v) is 9.46. The number of rotatable bonds is 15. The summed E-state index contributed by atoms with van der Waals surface area (Å²) in [4.78, 5) is 0. The van der Waals surface area contributed by atoms with Crippen LogP contribution in [-0.4, -0.2) is 0 Å². The molecule has 0 fully saturated rings.